The average molecular weight is 484 g/mol. The summed E-state index contributed by atoms with van der Waals surface area (Å²) in [6.07, 6.45) is 10.3. The van der Waals surface area contributed by atoms with Gasteiger partial charge in [-0.3, -0.25) is 4.79 Å². The molecule has 1 N–H and O–H groups in total. The molecule has 0 bridgehead atoms. The number of carbonyl (C=O) groups is 2. The van der Waals surface area contributed by atoms with E-state index in [9.17, 15) is 9.59 Å². The zero-order valence-electron chi connectivity index (χ0n) is 19.8. The van der Waals surface area contributed by atoms with E-state index in [-0.39, 0.29) is 24.3 Å². The predicted octanol–water partition coefficient (Wildman–Crippen LogP) is 5.30. The van der Waals surface area contributed by atoms with Gasteiger partial charge >= 0.3 is 6.03 Å². The number of anilines is 3. The highest BCUT2D eigenvalue weighted by molar-refractivity contribution is 6.16. The molecule has 1 saturated carbocycles. The first-order valence-corrected chi connectivity index (χ1v) is 12.3. The number of urea groups is 1. The van der Waals surface area contributed by atoms with Gasteiger partial charge in [0, 0.05) is 25.3 Å². The minimum absolute atomic E-state index is 0. The summed E-state index contributed by atoms with van der Waals surface area (Å²) in [4.78, 5) is 37.3. The molecule has 8 heteroatoms. The van der Waals surface area contributed by atoms with Crippen molar-refractivity contribution in [2.45, 2.75) is 51.0 Å². The summed E-state index contributed by atoms with van der Waals surface area (Å²) in [6, 6.07) is 11.5. The second kappa shape index (κ2) is 10.7. The first-order chi connectivity index (χ1) is 16.1. The highest BCUT2D eigenvalue weighted by Gasteiger charge is 2.35. The maximum Gasteiger partial charge on any atom is 0.330 e. The van der Waals surface area contributed by atoms with Crippen molar-refractivity contribution < 1.29 is 9.59 Å². The van der Waals surface area contributed by atoms with E-state index in [0.29, 0.717) is 28.7 Å². The monoisotopic (exact) mass is 483 g/mol. The molecule has 1 aliphatic carbocycles. The molecule has 3 amide bonds. The smallest absolute Gasteiger partial charge is 0.324 e. The van der Waals surface area contributed by atoms with E-state index in [1.807, 2.05) is 23.1 Å². The van der Waals surface area contributed by atoms with Gasteiger partial charge in [0.05, 0.1) is 16.9 Å². The van der Waals surface area contributed by atoms with E-state index in [1.54, 1.807) is 29.3 Å². The molecule has 2 aromatic rings. The minimum atomic E-state index is -0.221. The van der Waals surface area contributed by atoms with E-state index in [2.05, 4.69) is 22.2 Å². The summed E-state index contributed by atoms with van der Waals surface area (Å²) in [5, 5.41) is 2.92. The third-order valence-electron chi connectivity index (χ3n) is 7.46. The van der Waals surface area contributed by atoms with Crippen LogP contribution in [-0.2, 0) is 0 Å². The van der Waals surface area contributed by atoms with Crippen LogP contribution in [-0.4, -0.2) is 59.4 Å². The first-order valence-electron chi connectivity index (χ1n) is 12.3. The highest BCUT2D eigenvalue weighted by Crippen LogP contribution is 2.37. The number of likely N-dealkylation sites (tertiary alicyclic amines) is 1. The van der Waals surface area contributed by atoms with Crippen LogP contribution in [0, 0.1) is 5.92 Å². The summed E-state index contributed by atoms with van der Waals surface area (Å²) in [5.74, 6) is 0.752. The fraction of sp³-hybridized carbons (Fsp3) is 0.500. The maximum atomic E-state index is 13.9. The van der Waals surface area contributed by atoms with Crippen LogP contribution in [0.5, 0.6) is 0 Å². The van der Waals surface area contributed by atoms with Gasteiger partial charge < -0.3 is 15.1 Å². The molecule has 1 atom stereocenters. The molecule has 1 aromatic carbocycles. The van der Waals surface area contributed by atoms with Gasteiger partial charge in [0.15, 0.2) is 5.82 Å². The van der Waals surface area contributed by atoms with Crippen molar-refractivity contribution in [3.05, 3.63) is 48.2 Å². The summed E-state index contributed by atoms with van der Waals surface area (Å²) < 4.78 is 0. The van der Waals surface area contributed by atoms with E-state index in [1.165, 1.54) is 25.7 Å². The van der Waals surface area contributed by atoms with Crippen LogP contribution in [0.3, 0.4) is 0 Å². The Morgan fingerprint density at radius 2 is 1.91 bits per heavy atom. The molecule has 3 heterocycles. The maximum absolute atomic E-state index is 13.9. The van der Waals surface area contributed by atoms with E-state index < -0.39 is 0 Å². The number of hydrogen-bond acceptors (Lipinski definition) is 4. The fourth-order valence-corrected chi connectivity index (χ4v) is 5.56. The van der Waals surface area contributed by atoms with Crippen molar-refractivity contribution >= 4 is 41.5 Å². The Hall–Kier alpha value is -2.64. The number of piperidine rings is 1. The third-order valence-corrected chi connectivity index (χ3v) is 7.46. The number of hydrogen-bond donors (Lipinski definition) is 1. The molecule has 7 nitrogen and oxygen atoms in total. The van der Waals surface area contributed by atoms with Crippen molar-refractivity contribution in [3.63, 3.8) is 0 Å². The molecular weight excluding hydrogens is 450 g/mol. The van der Waals surface area contributed by atoms with Crippen molar-refractivity contribution in [1.29, 1.82) is 0 Å². The normalized spacial score (nSPS) is 20.3. The Kier molecular flexibility index (Phi) is 7.73. The van der Waals surface area contributed by atoms with Crippen LogP contribution in [0.15, 0.2) is 42.6 Å². The van der Waals surface area contributed by atoms with Crippen LogP contribution < -0.4 is 10.2 Å². The molecule has 1 unspecified atom stereocenters. The Bertz CT molecular complexity index is 1030. The summed E-state index contributed by atoms with van der Waals surface area (Å²) in [7, 11) is 2.25. The number of rotatable bonds is 4. The molecule has 182 valence electrons. The van der Waals surface area contributed by atoms with Gasteiger partial charge in [0.2, 0.25) is 0 Å². The molecule has 2 fully saturated rings. The molecule has 34 heavy (non-hydrogen) atoms. The van der Waals surface area contributed by atoms with Crippen molar-refractivity contribution in [2.75, 3.05) is 36.9 Å². The zero-order chi connectivity index (χ0) is 22.8. The van der Waals surface area contributed by atoms with Gasteiger partial charge in [0.1, 0.15) is 0 Å². The van der Waals surface area contributed by atoms with E-state index in [4.69, 9.17) is 0 Å². The molecule has 5 rings (SSSR count). The van der Waals surface area contributed by atoms with Crippen molar-refractivity contribution in [2.24, 2.45) is 5.92 Å². The molecule has 0 spiro atoms. The predicted molar refractivity (Wildman–Crippen MR) is 137 cm³/mol. The number of carbonyl (C=O) groups excluding carboxylic acids is 2. The first kappa shape index (κ1) is 24.5. The number of nitrogens with zero attached hydrogens (tertiary/aromatic N) is 4. The van der Waals surface area contributed by atoms with E-state index >= 15 is 0 Å². The Morgan fingerprint density at radius 1 is 1.12 bits per heavy atom. The molecule has 2 aliphatic heterocycles. The minimum Gasteiger partial charge on any atom is -0.324 e. The van der Waals surface area contributed by atoms with Crippen molar-refractivity contribution in [3.8, 4) is 0 Å². The number of fused-ring (bicyclic) bond motifs is 2. The summed E-state index contributed by atoms with van der Waals surface area (Å²) in [5.41, 5.74) is 1.62. The van der Waals surface area contributed by atoms with Crippen LogP contribution >= 0.6 is 12.4 Å². The lowest BCUT2D eigenvalue weighted by Crippen LogP contribution is -2.47. The van der Waals surface area contributed by atoms with Gasteiger partial charge in [-0.15, -0.1) is 12.4 Å². The van der Waals surface area contributed by atoms with Gasteiger partial charge in [-0.25, -0.2) is 14.7 Å². The molecular formula is C26H34ClN5O2. The van der Waals surface area contributed by atoms with Crippen LogP contribution in [0.25, 0.3) is 0 Å². The number of amides is 3. The number of para-hydroxylation sites is 1. The van der Waals surface area contributed by atoms with Gasteiger partial charge in [0.25, 0.3) is 5.91 Å². The van der Waals surface area contributed by atoms with Gasteiger partial charge in [-0.05, 0) is 75.9 Å². The van der Waals surface area contributed by atoms with Crippen LogP contribution in [0.4, 0.5) is 22.0 Å². The Morgan fingerprint density at radius 3 is 2.74 bits per heavy atom. The number of benzene rings is 1. The van der Waals surface area contributed by atoms with Crippen molar-refractivity contribution in [1.82, 2.24) is 14.8 Å². The quantitative estimate of drug-likeness (QED) is 0.640. The van der Waals surface area contributed by atoms with Gasteiger partial charge in [-0.2, -0.15) is 0 Å². The second-order valence-electron chi connectivity index (χ2n) is 9.63. The topological polar surface area (TPSA) is 68.8 Å². The highest BCUT2D eigenvalue weighted by atomic mass is 35.5. The summed E-state index contributed by atoms with van der Waals surface area (Å²) in [6.45, 7) is 2.57. The Labute approximate surface area is 207 Å². The summed E-state index contributed by atoms with van der Waals surface area (Å²) >= 11 is 0. The molecule has 0 radical (unpaired) electrons. The SMILES string of the molecule is CN(CCC1CCCN(C(=O)N2c3ccccc3C(=O)Nc3cccnc32)C1)C1CCCC1.Cl. The third kappa shape index (κ3) is 4.91. The lowest BCUT2D eigenvalue weighted by molar-refractivity contribution is 0.102. The standard InChI is InChI=1S/C26H33N5O2.ClH/c1-29(20-9-2-3-10-20)17-14-19-8-7-16-30(18-19)26(33)31-23-13-5-4-11-21(23)25(32)28-22-12-6-15-27-24(22)31;/h4-6,11-13,15,19-20H,2-3,7-10,14,16-18H2,1H3,(H,28,32);1H. The number of nitrogens with one attached hydrogen (secondary N) is 1. The van der Waals surface area contributed by atoms with Crippen LogP contribution in [0.1, 0.15) is 55.3 Å². The largest absolute Gasteiger partial charge is 0.330 e. The fourth-order valence-electron chi connectivity index (χ4n) is 5.56. The lowest BCUT2D eigenvalue weighted by atomic mass is 9.94. The average Bonchev–Trinajstić information content (AvgIpc) is 3.35. The van der Waals surface area contributed by atoms with Crippen LogP contribution in [0.2, 0.25) is 0 Å². The molecule has 1 aromatic heterocycles. The number of pyridine rings is 1. The zero-order valence-corrected chi connectivity index (χ0v) is 20.6. The molecule has 1 saturated heterocycles. The Balaban J connectivity index is 0.00000274. The number of aromatic nitrogens is 1. The second-order valence-corrected chi connectivity index (χ2v) is 9.63. The molecule has 3 aliphatic rings. The lowest BCUT2D eigenvalue weighted by Gasteiger charge is -2.37. The van der Waals surface area contributed by atoms with Gasteiger partial charge in [-0.1, -0.05) is 25.0 Å². The van der Waals surface area contributed by atoms with E-state index in [0.717, 1.165) is 44.9 Å². The number of halogens is 1.